The highest BCUT2D eigenvalue weighted by molar-refractivity contribution is 5.41. The SMILES string of the molecule is COCC(NC(C)c1ccccc1[N+](=O)[O-])C(C)C. The van der Waals surface area contributed by atoms with Crippen LogP contribution in [0, 0.1) is 16.0 Å². The van der Waals surface area contributed by atoms with Crippen LogP contribution in [0.5, 0.6) is 0 Å². The maximum Gasteiger partial charge on any atom is 0.274 e. The van der Waals surface area contributed by atoms with Gasteiger partial charge in [-0.25, -0.2) is 0 Å². The number of nitro benzene ring substituents is 1. The number of rotatable bonds is 7. The number of hydrogen-bond acceptors (Lipinski definition) is 4. The number of methoxy groups -OCH3 is 1. The first-order chi connectivity index (χ1) is 8.97. The molecule has 0 saturated heterocycles. The van der Waals surface area contributed by atoms with Gasteiger partial charge < -0.3 is 10.1 Å². The molecule has 0 aliphatic heterocycles. The zero-order valence-electron chi connectivity index (χ0n) is 11.9. The van der Waals surface area contributed by atoms with Gasteiger partial charge in [0.15, 0.2) is 0 Å². The monoisotopic (exact) mass is 266 g/mol. The molecule has 1 aromatic carbocycles. The second-order valence-electron chi connectivity index (χ2n) is 5.01. The Kier molecular flexibility index (Phi) is 5.92. The van der Waals surface area contributed by atoms with Gasteiger partial charge in [-0.1, -0.05) is 32.0 Å². The third-order valence-corrected chi connectivity index (χ3v) is 3.21. The molecule has 0 radical (unpaired) electrons. The predicted molar refractivity (Wildman–Crippen MR) is 75.1 cm³/mol. The summed E-state index contributed by atoms with van der Waals surface area (Å²) in [6, 6.07) is 6.91. The van der Waals surface area contributed by atoms with Crippen LogP contribution in [0.4, 0.5) is 5.69 Å². The maximum absolute atomic E-state index is 11.0. The second kappa shape index (κ2) is 7.21. The lowest BCUT2D eigenvalue weighted by molar-refractivity contribution is -0.385. The lowest BCUT2D eigenvalue weighted by atomic mass is 10.0. The topological polar surface area (TPSA) is 64.4 Å². The first kappa shape index (κ1) is 15.6. The fourth-order valence-corrected chi connectivity index (χ4v) is 2.04. The molecule has 5 nitrogen and oxygen atoms in total. The quantitative estimate of drug-likeness (QED) is 0.608. The summed E-state index contributed by atoms with van der Waals surface area (Å²) in [7, 11) is 1.66. The third-order valence-electron chi connectivity index (χ3n) is 3.21. The van der Waals surface area contributed by atoms with E-state index >= 15 is 0 Å². The van der Waals surface area contributed by atoms with E-state index in [0.717, 1.165) is 0 Å². The molecule has 0 saturated carbocycles. The van der Waals surface area contributed by atoms with Gasteiger partial charge in [-0.15, -0.1) is 0 Å². The first-order valence-electron chi connectivity index (χ1n) is 6.45. The van der Waals surface area contributed by atoms with Crippen molar-refractivity contribution in [2.24, 2.45) is 5.92 Å². The number of nitrogens with zero attached hydrogens (tertiary/aromatic N) is 1. The molecule has 0 spiro atoms. The van der Waals surface area contributed by atoms with Crippen molar-refractivity contribution in [2.75, 3.05) is 13.7 Å². The normalized spacial score (nSPS) is 14.4. The van der Waals surface area contributed by atoms with Crippen LogP contribution in [-0.4, -0.2) is 24.7 Å². The van der Waals surface area contributed by atoms with Gasteiger partial charge in [-0.2, -0.15) is 0 Å². The van der Waals surface area contributed by atoms with Crippen LogP contribution in [0.2, 0.25) is 0 Å². The molecule has 106 valence electrons. The summed E-state index contributed by atoms with van der Waals surface area (Å²) in [6.45, 7) is 6.72. The molecule has 0 amide bonds. The van der Waals surface area contributed by atoms with Crippen LogP contribution in [0.3, 0.4) is 0 Å². The van der Waals surface area contributed by atoms with Gasteiger partial charge in [0.25, 0.3) is 5.69 Å². The summed E-state index contributed by atoms with van der Waals surface area (Å²) in [5.41, 5.74) is 0.858. The number of para-hydroxylation sites is 1. The van der Waals surface area contributed by atoms with E-state index in [4.69, 9.17) is 4.74 Å². The van der Waals surface area contributed by atoms with Gasteiger partial charge in [-0.3, -0.25) is 10.1 Å². The molecular formula is C14H22N2O3. The van der Waals surface area contributed by atoms with Crippen molar-refractivity contribution in [1.82, 2.24) is 5.32 Å². The molecule has 5 heteroatoms. The largest absolute Gasteiger partial charge is 0.383 e. The Labute approximate surface area is 114 Å². The Morgan fingerprint density at radius 1 is 1.32 bits per heavy atom. The van der Waals surface area contributed by atoms with Gasteiger partial charge in [0.05, 0.1) is 11.5 Å². The number of ether oxygens (including phenoxy) is 1. The molecule has 0 fully saturated rings. The van der Waals surface area contributed by atoms with Crippen molar-refractivity contribution in [3.8, 4) is 0 Å². The lowest BCUT2D eigenvalue weighted by Gasteiger charge is -2.26. The molecule has 0 heterocycles. The minimum atomic E-state index is -0.339. The molecule has 0 aliphatic carbocycles. The zero-order valence-corrected chi connectivity index (χ0v) is 11.9. The average molecular weight is 266 g/mol. The Bertz CT molecular complexity index is 421. The predicted octanol–water partition coefficient (Wildman–Crippen LogP) is 2.92. The Balaban J connectivity index is 2.88. The van der Waals surface area contributed by atoms with Crippen LogP contribution in [0.25, 0.3) is 0 Å². The van der Waals surface area contributed by atoms with E-state index in [1.807, 2.05) is 13.0 Å². The molecular weight excluding hydrogens is 244 g/mol. The summed E-state index contributed by atoms with van der Waals surface area (Å²) in [6.07, 6.45) is 0. The minimum Gasteiger partial charge on any atom is -0.383 e. The Hall–Kier alpha value is -1.46. The van der Waals surface area contributed by atoms with Gasteiger partial charge in [-0.05, 0) is 12.8 Å². The van der Waals surface area contributed by atoms with Crippen molar-refractivity contribution in [3.63, 3.8) is 0 Å². The van der Waals surface area contributed by atoms with Crippen LogP contribution in [0.1, 0.15) is 32.4 Å². The van der Waals surface area contributed by atoms with Gasteiger partial charge in [0, 0.05) is 30.8 Å². The van der Waals surface area contributed by atoms with E-state index in [9.17, 15) is 10.1 Å². The summed E-state index contributed by atoms with van der Waals surface area (Å²) in [4.78, 5) is 10.7. The molecule has 2 unspecified atom stereocenters. The minimum absolute atomic E-state index is 0.0934. The van der Waals surface area contributed by atoms with Crippen LogP contribution < -0.4 is 5.32 Å². The standard InChI is InChI=1S/C14H22N2O3/c1-10(2)13(9-19-4)15-11(3)12-7-5-6-8-14(12)16(17)18/h5-8,10-11,13,15H,9H2,1-4H3. The van der Waals surface area contributed by atoms with Crippen molar-refractivity contribution >= 4 is 5.69 Å². The first-order valence-corrected chi connectivity index (χ1v) is 6.45. The van der Waals surface area contributed by atoms with Crippen LogP contribution in [0.15, 0.2) is 24.3 Å². The van der Waals surface area contributed by atoms with E-state index in [2.05, 4.69) is 19.2 Å². The number of benzene rings is 1. The average Bonchev–Trinajstić information content (AvgIpc) is 2.37. The molecule has 1 N–H and O–H groups in total. The highest BCUT2D eigenvalue weighted by Gasteiger charge is 2.22. The van der Waals surface area contributed by atoms with Crippen molar-refractivity contribution in [1.29, 1.82) is 0 Å². The van der Waals surface area contributed by atoms with E-state index in [1.54, 1.807) is 19.2 Å². The maximum atomic E-state index is 11.0. The molecule has 0 bridgehead atoms. The van der Waals surface area contributed by atoms with E-state index in [-0.39, 0.29) is 22.7 Å². The number of hydrogen-bond donors (Lipinski definition) is 1. The molecule has 0 aromatic heterocycles. The van der Waals surface area contributed by atoms with E-state index in [1.165, 1.54) is 6.07 Å². The molecule has 1 rings (SSSR count). The summed E-state index contributed by atoms with van der Waals surface area (Å²) < 4.78 is 5.18. The van der Waals surface area contributed by atoms with Gasteiger partial charge >= 0.3 is 0 Å². The molecule has 1 aromatic rings. The van der Waals surface area contributed by atoms with Crippen molar-refractivity contribution in [3.05, 3.63) is 39.9 Å². The van der Waals surface area contributed by atoms with E-state index < -0.39 is 0 Å². The fraction of sp³-hybridized carbons (Fsp3) is 0.571. The number of nitro groups is 1. The van der Waals surface area contributed by atoms with E-state index in [0.29, 0.717) is 18.1 Å². The Morgan fingerprint density at radius 3 is 2.47 bits per heavy atom. The summed E-state index contributed by atoms with van der Waals surface area (Å²) >= 11 is 0. The summed E-state index contributed by atoms with van der Waals surface area (Å²) in [5.74, 6) is 0.394. The van der Waals surface area contributed by atoms with Crippen molar-refractivity contribution < 1.29 is 9.66 Å². The summed E-state index contributed by atoms with van der Waals surface area (Å²) in [5, 5.41) is 14.4. The third kappa shape index (κ3) is 4.29. The lowest BCUT2D eigenvalue weighted by Crippen LogP contribution is -2.39. The van der Waals surface area contributed by atoms with Crippen LogP contribution >= 0.6 is 0 Å². The highest BCUT2D eigenvalue weighted by Crippen LogP contribution is 2.25. The zero-order chi connectivity index (χ0) is 14.4. The van der Waals surface area contributed by atoms with Gasteiger partial charge in [0.2, 0.25) is 0 Å². The second-order valence-corrected chi connectivity index (χ2v) is 5.01. The molecule has 2 atom stereocenters. The van der Waals surface area contributed by atoms with Gasteiger partial charge in [0.1, 0.15) is 0 Å². The van der Waals surface area contributed by atoms with Crippen molar-refractivity contribution in [2.45, 2.75) is 32.9 Å². The van der Waals surface area contributed by atoms with Crippen LogP contribution in [-0.2, 0) is 4.74 Å². The number of nitrogens with one attached hydrogen (secondary N) is 1. The fourth-order valence-electron chi connectivity index (χ4n) is 2.04. The smallest absolute Gasteiger partial charge is 0.274 e. The molecule has 0 aliphatic rings. The Morgan fingerprint density at radius 2 is 1.95 bits per heavy atom. The highest BCUT2D eigenvalue weighted by atomic mass is 16.6. The molecule has 19 heavy (non-hydrogen) atoms.